The molecule has 2 rings (SSSR count). The van der Waals surface area contributed by atoms with Gasteiger partial charge in [0.25, 0.3) is 0 Å². The normalized spacial score (nSPS) is 11.0. The molecule has 1 aromatic heterocycles. The smallest absolute Gasteiger partial charge is 0.326 e. The Morgan fingerprint density at radius 1 is 1.27 bits per heavy atom. The number of unbranched alkanes of at least 4 members (excludes halogenated alkanes) is 1. The van der Waals surface area contributed by atoms with E-state index < -0.39 is 0 Å². The first-order chi connectivity index (χ1) is 10.8. The van der Waals surface area contributed by atoms with Gasteiger partial charge in [-0.2, -0.15) is 0 Å². The lowest BCUT2D eigenvalue weighted by Gasteiger charge is -2.09. The maximum Gasteiger partial charge on any atom is 0.326 e. The first kappa shape index (κ1) is 16.5. The Kier molecular flexibility index (Phi) is 6.36. The van der Waals surface area contributed by atoms with E-state index in [0.717, 1.165) is 23.9 Å². The van der Waals surface area contributed by atoms with Crippen LogP contribution >= 0.6 is 0 Å². The number of carbonyl (C=O) groups is 1. The lowest BCUT2D eigenvalue weighted by atomic mass is 10.3. The van der Waals surface area contributed by atoms with Gasteiger partial charge in [-0.3, -0.25) is 4.79 Å². The highest BCUT2D eigenvalue weighted by Gasteiger charge is 2.13. The van der Waals surface area contributed by atoms with E-state index in [1.165, 1.54) is 0 Å². The molecule has 1 N–H and O–H groups in total. The molecule has 0 spiro atoms. The molecule has 0 aliphatic carbocycles. The Balaban J connectivity index is 1.89. The quantitative estimate of drug-likeness (QED) is 0.566. The lowest BCUT2D eigenvalue weighted by molar-refractivity contribution is -0.145. The molecule has 6 nitrogen and oxygen atoms in total. The molecule has 0 bridgehead atoms. The van der Waals surface area contributed by atoms with Crippen LogP contribution in [0.3, 0.4) is 0 Å². The molecular formula is C16H22N2O4. The number of esters is 1. The highest BCUT2D eigenvalue weighted by molar-refractivity contribution is 5.78. The van der Waals surface area contributed by atoms with E-state index in [1.54, 1.807) is 4.57 Å². The summed E-state index contributed by atoms with van der Waals surface area (Å²) in [6, 6.07) is 7.45. The number of aliphatic hydroxyl groups is 1. The van der Waals surface area contributed by atoms with Crippen LogP contribution in [0.25, 0.3) is 11.0 Å². The van der Waals surface area contributed by atoms with E-state index >= 15 is 0 Å². The average Bonchev–Trinajstić information content (AvgIpc) is 2.89. The number of hydrogen-bond acceptors (Lipinski definition) is 5. The zero-order chi connectivity index (χ0) is 15.8. The Morgan fingerprint density at radius 3 is 2.86 bits per heavy atom. The topological polar surface area (TPSA) is 73.6 Å². The minimum Gasteiger partial charge on any atom is -0.462 e. The zero-order valence-corrected chi connectivity index (χ0v) is 12.8. The second-order valence-corrected chi connectivity index (χ2v) is 4.95. The Bertz CT molecular complexity index is 609. The summed E-state index contributed by atoms with van der Waals surface area (Å²) < 4.78 is 12.2. The number of hydrogen-bond donors (Lipinski definition) is 1. The molecule has 0 fully saturated rings. The van der Waals surface area contributed by atoms with Gasteiger partial charge in [-0.05, 0) is 18.6 Å². The number of carbonyl (C=O) groups excluding carboxylic acids is 1. The van der Waals surface area contributed by atoms with Crippen LogP contribution in [0.15, 0.2) is 24.3 Å². The van der Waals surface area contributed by atoms with Gasteiger partial charge in [0.1, 0.15) is 25.6 Å². The number of imidazole rings is 1. The highest BCUT2D eigenvalue weighted by Crippen LogP contribution is 2.16. The molecule has 0 unspecified atom stereocenters. The molecule has 120 valence electrons. The Morgan fingerprint density at radius 2 is 2.09 bits per heavy atom. The fourth-order valence-corrected chi connectivity index (χ4v) is 2.16. The Hall–Kier alpha value is -1.92. The predicted octanol–water partition coefficient (Wildman–Crippen LogP) is 1.89. The molecule has 0 atom stereocenters. The number of aromatic nitrogens is 2. The third-order valence-electron chi connectivity index (χ3n) is 3.30. The summed E-state index contributed by atoms with van der Waals surface area (Å²) >= 11 is 0. The summed E-state index contributed by atoms with van der Waals surface area (Å²) in [5, 5.41) is 9.37. The minimum absolute atomic E-state index is 0.0331. The SMILES string of the molecule is CCCCOCCOC(=O)Cn1c(CO)nc2ccccc21. The van der Waals surface area contributed by atoms with Crippen LogP contribution in [0.4, 0.5) is 0 Å². The van der Waals surface area contributed by atoms with Crippen molar-refractivity contribution < 1.29 is 19.4 Å². The standard InChI is InChI=1S/C16H22N2O4/c1-2-3-8-21-9-10-22-16(20)11-18-14-7-5-4-6-13(14)17-15(18)12-19/h4-7,19H,2-3,8-12H2,1H3. The Labute approximate surface area is 129 Å². The van der Waals surface area contributed by atoms with Gasteiger partial charge in [-0.1, -0.05) is 25.5 Å². The van der Waals surface area contributed by atoms with E-state index in [2.05, 4.69) is 11.9 Å². The van der Waals surface area contributed by atoms with Crippen LogP contribution in [0.5, 0.6) is 0 Å². The fourth-order valence-electron chi connectivity index (χ4n) is 2.16. The monoisotopic (exact) mass is 306 g/mol. The summed E-state index contributed by atoms with van der Waals surface area (Å²) in [6.45, 7) is 3.24. The zero-order valence-electron chi connectivity index (χ0n) is 12.8. The van der Waals surface area contributed by atoms with Gasteiger partial charge >= 0.3 is 5.97 Å². The van der Waals surface area contributed by atoms with E-state index in [0.29, 0.717) is 19.0 Å². The number of rotatable bonds is 9. The van der Waals surface area contributed by atoms with Gasteiger partial charge in [0.15, 0.2) is 0 Å². The van der Waals surface area contributed by atoms with Gasteiger partial charge in [-0.25, -0.2) is 4.98 Å². The number of ether oxygens (including phenoxy) is 2. The van der Waals surface area contributed by atoms with Crippen molar-refractivity contribution in [1.82, 2.24) is 9.55 Å². The van der Waals surface area contributed by atoms with Crippen molar-refractivity contribution in [3.63, 3.8) is 0 Å². The maximum absolute atomic E-state index is 11.9. The van der Waals surface area contributed by atoms with Crippen LogP contribution in [0.2, 0.25) is 0 Å². The highest BCUT2D eigenvalue weighted by atomic mass is 16.6. The van der Waals surface area contributed by atoms with E-state index in [4.69, 9.17) is 9.47 Å². The molecule has 22 heavy (non-hydrogen) atoms. The third kappa shape index (κ3) is 4.29. The van der Waals surface area contributed by atoms with Crippen LogP contribution in [0, 0.1) is 0 Å². The second kappa shape index (κ2) is 8.51. The number of benzene rings is 1. The number of nitrogens with zero attached hydrogens (tertiary/aromatic N) is 2. The van der Waals surface area contributed by atoms with Gasteiger partial charge in [0, 0.05) is 6.61 Å². The van der Waals surface area contributed by atoms with Crippen LogP contribution in [-0.2, 0) is 27.4 Å². The van der Waals surface area contributed by atoms with Crippen molar-refractivity contribution >= 4 is 17.0 Å². The molecule has 6 heteroatoms. The number of para-hydroxylation sites is 2. The second-order valence-electron chi connectivity index (χ2n) is 4.95. The first-order valence-electron chi connectivity index (χ1n) is 7.54. The van der Waals surface area contributed by atoms with Crippen molar-refractivity contribution in [1.29, 1.82) is 0 Å². The van der Waals surface area contributed by atoms with Crippen LogP contribution in [-0.4, -0.2) is 40.4 Å². The lowest BCUT2D eigenvalue weighted by Crippen LogP contribution is -2.18. The number of fused-ring (bicyclic) bond motifs is 1. The molecule has 0 amide bonds. The van der Waals surface area contributed by atoms with Crippen LogP contribution in [0.1, 0.15) is 25.6 Å². The third-order valence-corrected chi connectivity index (χ3v) is 3.30. The maximum atomic E-state index is 11.9. The molecule has 0 saturated carbocycles. The predicted molar refractivity (Wildman–Crippen MR) is 82.3 cm³/mol. The van der Waals surface area contributed by atoms with Gasteiger partial charge in [0.05, 0.1) is 17.6 Å². The summed E-state index contributed by atoms with van der Waals surface area (Å²) in [5.41, 5.74) is 1.56. The van der Waals surface area contributed by atoms with Crippen molar-refractivity contribution in [3.05, 3.63) is 30.1 Å². The molecule has 0 aliphatic heterocycles. The fraction of sp³-hybridized carbons (Fsp3) is 0.500. The van der Waals surface area contributed by atoms with Gasteiger partial charge in [0.2, 0.25) is 0 Å². The molecule has 0 saturated heterocycles. The summed E-state index contributed by atoms with van der Waals surface area (Å²) in [6.07, 6.45) is 2.09. The average molecular weight is 306 g/mol. The van der Waals surface area contributed by atoms with Crippen molar-refractivity contribution in [2.45, 2.75) is 32.9 Å². The van der Waals surface area contributed by atoms with Gasteiger partial charge in [-0.15, -0.1) is 0 Å². The van der Waals surface area contributed by atoms with Gasteiger partial charge < -0.3 is 19.1 Å². The van der Waals surface area contributed by atoms with Crippen molar-refractivity contribution in [2.24, 2.45) is 0 Å². The minimum atomic E-state index is -0.364. The van der Waals surface area contributed by atoms with Crippen molar-refractivity contribution in [3.8, 4) is 0 Å². The molecule has 0 radical (unpaired) electrons. The number of aliphatic hydroxyl groups excluding tert-OH is 1. The molecule has 2 aromatic rings. The summed E-state index contributed by atoms with van der Waals surface area (Å²) in [5.74, 6) is 0.0919. The van der Waals surface area contributed by atoms with E-state index in [9.17, 15) is 9.90 Å². The first-order valence-corrected chi connectivity index (χ1v) is 7.54. The van der Waals surface area contributed by atoms with Crippen LogP contribution < -0.4 is 0 Å². The molecule has 1 aromatic carbocycles. The molecular weight excluding hydrogens is 284 g/mol. The molecule has 1 heterocycles. The van der Waals surface area contributed by atoms with E-state index in [1.807, 2.05) is 24.3 Å². The van der Waals surface area contributed by atoms with E-state index in [-0.39, 0.29) is 25.7 Å². The van der Waals surface area contributed by atoms with Crippen molar-refractivity contribution in [2.75, 3.05) is 19.8 Å². The largest absolute Gasteiger partial charge is 0.462 e. The summed E-state index contributed by atoms with van der Waals surface area (Å²) in [7, 11) is 0. The summed E-state index contributed by atoms with van der Waals surface area (Å²) in [4.78, 5) is 16.2. The molecule has 0 aliphatic rings.